The van der Waals surface area contributed by atoms with Crippen LogP contribution in [0.25, 0.3) is 0 Å². The van der Waals surface area contributed by atoms with Gasteiger partial charge in [-0.2, -0.15) is 0 Å². The number of fused-ring (bicyclic) bond motifs is 1. The largest absolute Gasteiger partial charge is 0.471 e. The minimum atomic E-state index is 0.0372. The first kappa shape index (κ1) is 16.1. The van der Waals surface area contributed by atoms with E-state index in [-0.39, 0.29) is 17.6 Å². The van der Waals surface area contributed by atoms with Gasteiger partial charge in [0.25, 0.3) is 0 Å². The molecular weight excluding hydrogens is 332 g/mol. The van der Waals surface area contributed by atoms with Crippen molar-refractivity contribution in [3.8, 4) is 0 Å². The van der Waals surface area contributed by atoms with Crippen molar-refractivity contribution < 1.29 is 9.47 Å². The molecule has 2 aliphatic heterocycles. The van der Waals surface area contributed by atoms with E-state index in [9.17, 15) is 0 Å². The molecule has 2 aliphatic carbocycles. The van der Waals surface area contributed by atoms with Crippen LogP contribution in [0.15, 0.2) is 29.4 Å². The van der Waals surface area contributed by atoms with Gasteiger partial charge in [0.2, 0.25) is 5.90 Å². The fourth-order valence-corrected chi connectivity index (χ4v) is 7.41. The average Bonchev–Trinajstić information content (AvgIpc) is 3.20. The lowest BCUT2D eigenvalue weighted by Crippen LogP contribution is -2.50. The van der Waals surface area contributed by atoms with Crippen LogP contribution >= 0.6 is 11.8 Å². The van der Waals surface area contributed by atoms with Crippen LogP contribution in [0.5, 0.6) is 0 Å². The number of thioether (sulfide) groups is 1. The van der Waals surface area contributed by atoms with Crippen LogP contribution < -0.4 is 0 Å². The van der Waals surface area contributed by atoms with Gasteiger partial charge in [-0.05, 0) is 49.7 Å². The van der Waals surface area contributed by atoms with Gasteiger partial charge in [-0.25, -0.2) is 4.99 Å². The van der Waals surface area contributed by atoms with E-state index >= 15 is 0 Å². The first-order chi connectivity index (χ1) is 12.0. The summed E-state index contributed by atoms with van der Waals surface area (Å²) in [5, 5.41) is 0. The topological polar surface area (TPSA) is 43.7 Å². The molecule has 0 radical (unpaired) electrons. The Morgan fingerprint density at radius 1 is 1.28 bits per heavy atom. The van der Waals surface area contributed by atoms with Crippen molar-refractivity contribution in [1.82, 2.24) is 4.98 Å². The molecule has 3 heterocycles. The molecule has 0 aromatic carbocycles. The van der Waals surface area contributed by atoms with Crippen molar-refractivity contribution in [1.29, 1.82) is 0 Å². The third-order valence-corrected chi connectivity index (χ3v) is 8.77. The second kappa shape index (κ2) is 5.46. The predicted octanol–water partition coefficient (Wildman–Crippen LogP) is 3.90. The highest BCUT2D eigenvalue weighted by molar-refractivity contribution is 7.99. The van der Waals surface area contributed by atoms with Crippen LogP contribution in [0, 0.1) is 16.7 Å². The maximum absolute atomic E-state index is 6.66. The average molecular weight is 359 g/mol. The highest BCUT2D eigenvalue weighted by atomic mass is 32.2. The zero-order chi connectivity index (χ0) is 17.2. The summed E-state index contributed by atoms with van der Waals surface area (Å²) in [7, 11) is 0. The summed E-state index contributed by atoms with van der Waals surface area (Å²) in [6.07, 6.45) is 6.15. The molecular formula is C20H26N2O2S. The van der Waals surface area contributed by atoms with Crippen LogP contribution in [-0.2, 0) is 9.47 Å². The van der Waals surface area contributed by atoms with Crippen LogP contribution in [0.2, 0.25) is 0 Å². The molecule has 0 amide bonds. The minimum absolute atomic E-state index is 0.0372. The molecule has 1 saturated heterocycles. The summed E-state index contributed by atoms with van der Waals surface area (Å²) in [5.74, 6) is 2.68. The molecule has 134 valence electrons. The van der Waals surface area contributed by atoms with Gasteiger partial charge >= 0.3 is 0 Å². The van der Waals surface area contributed by atoms with Crippen LogP contribution in [0.4, 0.5) is 0 Å². The first-order valence-electron chi connectivity index (χ1n) is 9.44. The van der Waals surface area contributed by atoms with Gasteiger partial charge in [-0.15, -0.1) is 11.8 Å². The standard InChI is InChI=1S/C20H26N2O2S/c1-12-16(22-17(23-12)14-6-4-5-9-21-14)18-24-15-10-13-7-8-20(15,11-25-18)19(13,2)3/h4-6,9,12-13,15-16,18H,7-8,10-11H2,1-3H3. The van der Waals surface area contributed by atoms with Gasteiger partial charge in [0, 0.05) is 17.4 Å². The quantitative estimate of drug-likeness (QED) is 0.804. The van der Waals surface area contributed by atoms with Crippen molar-refractivity contribution in [2.45, 2.75) is 63.7 Å². The van der Waals surface area contributed by atoms with E-state index in [4.69, 9.17) is 14.5 Å². The number of ether oxygens (including phenoxy) is 2. The van der Waals surface area contributed by atoms with Gasteiger partial charge in [0.1, 0.15) is 23.3 Å². The molecule has 25 heavy (non-hydrogen) atoms. The Kier molecular flexibility index (Phi) is 3.52. The highest BCUT2D eigenvalue weighted by Gasteiger charge is 2.66. The molecule has 2 bridgehead atoms. The molecule has 5 rings (SSSR count). The highest BCUT2D eigenvalue weighted by Crippen LogP contribution is 2.69. The lowest BCUT2D eigenvalue weighted by Gasteiger charge is -2.48. The number of aromatic nitrogens is 1. The Bertz CT molecular complexity index is 707. The first-order valence-corrected chi connectivity index (χ1v) is 10.5. The number of pyridine rings is 1. The fourth-order valence-electron chi connectivity index (χ4n) is 5.56. The number of hydrogen-bond donors (Lipinski definition) is 0. The molecule has 0 N–H and O–H groups in total. The summed E-state index contributed by atoms with van der Waals surface area (Å²) < 4.78 is 12.7. The minimum Gasteiger partial charge on any atom is -0.471 e. The van der Waals surface area contributed by atoms with E-state index in [1.165, 1.54) is 25.0 Å². The Morgan fingerprint density at radius 2 is 2.16 bits per heavy atom. The Morgan fingerprint density at radius 3 is 2.92 bits per heavy atom. The third kappa shape index (κ3) is 2.18. The fraction of sp³-hybridized carbons (Fsp3) is 0.700. The van der Waals surface area contributed by atoms with E-state index < -0.39 is 0 Å². The molecule has 1 aromatic heterocycles. The number of hydrogen-bond acceptors (Lipinski definition) is 5. The van der Waals surface area contributed by atoms with E-state index in [2.05, 4.69) is 25.8 Å². The van der Waals surface area contributed by atoms with Crippen LogP contribution in [-0.4, -0.2) is 40.3 Å². The molecule has 4 aliphatic rings. The predicted molar refractivity (Wildman–Crippen MR) is 99.8 cm³/mol. The maximum Gasteiger partial charge on any atom is 0.236 e. The second-order valence-electron chi connectivity index (χ2n) is 8.62. The molecule has 1 aromatic rings. The number of rotatable bonds is 2. The van der Waals surface area contributed by atoms with Gasteiger partial charge in [-0.1, -0.05) is 19.9 Å². The summed E-state index contributed by atoms with van der Waals surface area (Å²) in [4.78, 5) is 9.23. The Labute approximate surface area is 153 Å². The molecule has 4 nitrogen and oxygen atoms in total. The third-order valence-electron chi connectivity index (χ3n) is 7.37. The van der Waals surface area contributed by atoms with Gasteiger partial charge < -0.3 is 9.47 Å². The molecule has 1 spiro atoms. The molecule has 5 heteroatoms. The van der Waals surface area contributed by atoms with Crippen molar-refractivity contribution in [3.63, 3.8) is 0 Å². The Hall–Kier alpha value is -1.07. The smallest absolute Gasteiger partial charge is 0.236 e. The van der Waals surface area contributed by atoms with Crippen molar-refractivity contribution in [3.05, 3.63) is 30.1 Å². The summed E-state index contributed by atoms with van der Waals surface area (Å²) in [6, 6.07) is 5.90. The van der Waals surface area contributed by atoms with Crippen molar-refractivity contribution >= 4 is 17.7 Å². The van der Waals surface area contributed by atoms with E-state index in [1.807, 2.05) is 30.0 Å². The van der Waals surface area contributed by atoms with Crippen LogP contribution in [0.1, 0.15) is 45.7 Å². The lowest BCUT2D eigenvalue weighted by atomic mass is 9.69. The van der Waals surface area contributed by atoms with E-state index in [0.717, 1.165) is 11.6 Å². The normalized spacial score (nSPS) is 44.3. The SMILES string of the molecule is CC1OC(c2ccccn2)=NC1C1OC2CC3CCC2(CS1)C3(C)C. The zero-order valence-electron chi connectivity index (χ0n) is 15.1. The monoisotopic (exact) mass is 358 g/mol. The van der Waals surface area contributed by atoms with Gasteiger partial charge in [-0.3, -0.25) is 4.98 Å². The maximum atomic E-state index is 6.66. The summed E-state index contributed by atoms with van der Waals surface area (Å²) in [6.45, 7) is 7.03. The van der Waals surface area contributed by atoms with Gasteiger partial charge in [0.05, 0.1) is 6.10 Å². The number of aliphatic imine (C=N–C) groups is 1. The van der Waals surface area contributed by atoms with Crippen molar-refractivity contribution in [2.24, 2.45) is 21.7 Å². The van der Waals surface area contributed by atoms with Gasteiger partial charge in [0.15, 0.2) is 0 Å². The number of nitrogens with zero attached hydrogens (tertiary/aromatic N) is 2. The van der Waals surface area contributed by atoms with Crippen molar-refractivity contribution in [2.75, 3.05) is 5.75 Å². The molecule has 2 saturated carbocycles. The molecule has 6 unspecified atom stereocenters. The van der Waals surface area contributed by atoms with E-state index in [1.54, 1.807) is 6.20 Å². The van der Waals surface area contributed by atoms with Crippen LogP contribution in [0.3, 0.4) is 0 Å². The lowest BCUT2D eigenvalue weighted by molar-refractivity contribution is -0.0767. The zero-order valence-corrected chi connectivity index (χ0v) is 16.0. The molecule has 3 fully saturated rings. The second-order valence-corrected chi connectivity index (χ2v) is 9.70. The molecule has 6 atom stereocenters. The summed E-state index contributed by atoms with van der Waals surface area (Å²) in [5.41, 5.74) is 1.70. The van der Waals surface area contributed by atoms with E-state index in [0.29, 0.717) is 22.8 Å². The Balaban J connectivity index is 1.37. The summed E-state index contributed by atoms with van der Waals surface area (Å²) >= 11 is 1.96.